The number of nitrogens with two attached hydrogens (primary N) is 2. The normalized spacial score (nSPS) is 15.5. The second kappa shape index (κ2) is 8.70. The van der Waals surface area contributed by atoms with Crippen molar-refractivity contribution in [3.05, 3.63) is 52.7 Å². The molecule has 1 aliphatic carbocycles. The molecule has 0 saturated heterocycles. The highest BCUT2D eigenvalue weighted by atomic mass is 19.1. The molecule has 0 aliphatic heterocycles. The molecule has 0 atom stereocenters. The van der Waals surface area contributed by atoms with Gasteiger partial charge in [0.25, 0.3) is 5.91 Å². The van der Waals surface area contributed by atoms with Crippen molar-refractivity contribution in [1.29, 1.82) is 0 Å². The second-order valence-electron chi connectivity index (χ2n) is 10.2. The maximum atomic E-state index is 14.7. The van der Waals surface area contributed by atoms with E-state index in [4.69, 9.17) is 16.0 Å². The summed E-state index contributed by atoms with van der Waals surface area (Å²) in [7, 11) is 0. The average molecular weight is 468 g/mol. The fourth-order valence-corrected chi connectivity index (χ4v) is 4.69. The van der Waals surface area contributed by atoms with Crippen molar-refractivity contribution < 1.29 is 18.5 Å². The Morgan fingerprint density at radius 2 is 1.85 bits per heavy atom. The van der Waals surface area contributed by atoms with Crippen LogP contribution in [0.25, 0.3) is 11.3 Å². The Balaban J connectivity index is 1.45. The molecule has 0 radical (unpaired) electrons. The molecule has 1 aromatic carbocycles. The van der Waals surface area contributed by atoms with Gasteiger partial charge in [-0.1, -0.05) is 43.3 Å². The lowest BCUT2D eigenvalue weighted by atomic mass is 9.63. The van der Waals surface area contributed by atoms with E-state index >= 15 is 0 Å². The SMILES string of the molecule is CC(C)n1nc(-c2ccc(CC(=O)Cc3onc(C4CC(C)(C)C4)c3F)cc2)c(C(N)=O)c1N. The van der Waals surface area contributed by atoms with Crippen LogP contribution >= 0.6 is 0 Å². The first-order valence-electron chi connectivity index (χ1n) is 11.4. The Hall–Kier alpha value is -3.49. The van der Waals surface area contributed by atoms with E-state index < -0.39 is 11.7 Å². The molecule has 8 nitrogen and oxygen atoms in total. The third kappa shape index (κ3) is 4.47. The van der Waals surface area contributed by atoms with E-state index in [-0.39, 0.29) is 53.1 Å². The number of Topliss-reactive ketones (excluding diaryl/α,β-unsaturated/α-hetero) is 1. The number of nitrogen functional groups attached to an aromatic ring is 1. The first-order chi connectivity index (χ1) is 16.0. The first kappa shape index (κ1) is 23.7. The van der Waals surface area contributed by atoms with Crippen molar-refractivity contribution in [1.82, 2.24) is 14.9 Å². The Morgan fingerprint density at radius 3 is 2.41 bits per heavy atom. The number of hydrogen-bond donors (Lipinski definition) is 2. The molecule has 34 heavy (non-hydrogen) atoms. The minimum Gasteiger partial charge on any atom is -0.383 e. The average Bonchev–Trinajstić information content (AvgIpc) is 3.27. The van der Waals surface area contributed by atoms with Gasteiger partial charge in [-0.15, -0.1) is 0 Å². The summed E-state index contributed by atoms with van der Waals surface area (Å²) in [6, 6.07) is 7.00. The molecule has 180 valence electrons. The van der Waals surface area contributed by atoms with Gasteiger partial charge in [0, 0.05) is 23.9 Å². The summed E-state index contributed by atoms with van der Waals surface area (Å²) < 4.78 is 21.4. The summed E-state index contributed by atoms with van der Waals surface area (Å²) in [5, 5.41) is 8.35. The Labute approximate surface area is 197 Å². The predicted molar refractivity (Wildman–Crippen MR) is 126 cm³/mol. The molecule has 1 aliphatic rings. The minimum atomic E-state index is -0.655. The molecule has 0 unspecified atom stereocenters. The van der Waals surface area contributed by atoms with Crippen LogP contribution in [0.3, 0.4) is 0 Å². The van der Waals surface area contributed by atoms with Crippen LogP contribution in [0.2, 0.25) is 0 Å². The number of amides is 1. The topological polar surface area (TPSA) is 130 Å². The smallest absolute Gasteiger partial charge is 0.254 e. The lowest BCUT2D eigenvalue weighted by Gasteiger charge is -2.41. The van der Waals surface area contributed by atoms with Crippen LogP contribution in [0.1, 0.15) is 79.9 Å². The predicted octanol–water partition coefficient (Wildman–Crippen LogP) is 4.20. The number of carbonyl (C=O) groups is 2. The number of benzene rings is 1. The number of rotatable bonds is 8. The third-order valence-corrected chi connectivity index (χ3v) is 6.38. The van der Waals surface area contributed by atoms with Crippen molar-refractivity contribution >= 4 is 17.5 Å². The Morgan fingerprint density at radius 1 is 1.21 bits per heavy atom. The summed E-state index contributed by atoms with van der Waals surface area (Å²) in [5.74, 6) is -1.08. The third-order valence-electron chi connectivity index (χ3n) is 6.38. The zero-order chi connectivity index (χ0) is 24.8. The molecular weight excluding hydrogens is 437 g/mol. The maximum Gasteiger partial charge on any atom is 0.254 e. The van der Waals surface area contributed by atoms with Crippen LogP contribution in [0.4, 0.5) is 10.2 Å². The molecule has 1 amide bonds. The van der Waals surface area contributed by atoms with Crippen molar-refractivity contribution in [2.24, 2.45) is 11.1 Å². The fraction of sp³-hybridized carbons (Fsp3) is 0.440. The molecule has 1 saturated carbocycles. The van der Waals surface area contributed by atoms with Gasteiger partial charge < -0.3 is 16.0 Å². The van der Waals surface area contributed by atoms with Gasteiger partial charge in [0.2, 0.25) is 0 Å². The van der Waals surface area contributed by atoms with Crippen LogP contribution in [0.15, 0.2) is 28.8 Å². The highest BCUT2D eigenvalue weighted by molar-refractivity contribution is 6.03. The zero-order valence-electron chi connectivity index (χ0n) is 19.9. The number of aromatic nitrogens is 3. The van der Waals surface area contributed by atoms with E-state index in [1.807, 2.05) is 13.8 Å². The standard InChI is InChI=1S/C25H30FN5O3/c1-13(2)31-23(27)19(24(28)33)21(29-31)15-7-5-14(6-8-15)9-17(32)10-18-20(26)22(30-34-18)16-11-25(3,4)12-16/h5-8,13,16H,9-12,27H2,1-4H3,(H2,28,33). The fourth-order valence-electron chi connectivity index (χ4n) is 4.69. The van der Waals surface area contributed by atoms with Gasteiger partial charge in [-0.3, -0.25) is 9.59 Å². The molecular formula is C25H30FN5O3. The number of halogens is 1. The number of hydrogen-bond acceptors (Lipinski definition) is 6. The summed E-state index contributed by atoms with van der Waals surface area (Å²) in [4.78, 5) is 24.5. The Kier molecular flexibility index (Phi) is 6.05. The zero-order valence-corrected chi connectivity index (χ0v) is 19.9. The molecule has 9 heteroatoms. The first-order valence-corrected chi connectivity index (χ1v) is 11.4. The highest BCUT2D eigenvalue weighted by Gasteiger charge is 2.40. The van der Waals surface area contributed by atoms with E-state index in [2.05, 4.69) is 24.1 Å². The van der Waals surface area contributed by atoms with Gasteiger partial charge in [-0.05, 0) is 37.7 Å². The van der Waals surface area contributed by atoms with E-state index in [1.165, 1.54) is 0 Å². The molecule has 2 aromatic heterocycles. The van der Waals surface area contributed by atoms with Gasteiger partial charge in [0.05, 0.1) is 6.42 Å². The summed E-state index contributed by atoms with van der Waals surface area (Å²) in [5.41, 5.74) is 14.1. The van der Waals surface area contributed by atoms with Crippen LogP contribution < -0.4 is 11.5 Å². The highest BCUT2D eigenvalue weighted by Crippen LogP contribution is 2.50. The van der Waals surface area contributed by atoms with Crippen LogP contribution in [0.5, 0.6) is 0 Å². The van der Waals surface area contributed by atoms with Crippen LogP contribution in [-0.2, 0) is 17.6 Å². The number of nitrogens with zero attached hydrogens (tertiary/aromatic N) is 3. The molecule has 0 bridgehead atoms. The van der Waals surface area contributed by atoms with Crippen molar-refractivity contribution in [2.75, 3.05) is 5.73 Å². The number of ketones is 1. The Bertz CT molecular complexity index is 1230. The van der Waals surface area contributed by atoms with Gasteiger partial charge >= 0.3 is 0 Å². The number of anilines is 1. The molecule has 4 N–H and O–H groups in total. The van der Waals surface area contributed by atoms with E-state index in [0.29, 0.717) is 17.0 Å². The lowest BCUT2D eigenvalue weighted by Crippen LogP contribution is -2.30. The lowest BCUT2D eigenvalue weighted by molar-refractivity contribution is -0.118. The number of primary amides is 1. The minimum absolute atomic E-state index is 0.0119. The quantitative estimate of drug-likeness (QED) is 0.511. The molecule has 1 fully saturated rings. The second-order valence-corrected chi connectivity index (χ2v) is 10.2. The van der Waals surface area contributed by atoms with Gasteiger partial charge in [0.15, 0.2) is 11.6 Å². The van der Waals surface area contributed by atoms with Crippen molar-refractivity contribution in [3.8, 4) is 11.3 Å². The molecule has 4 rings (SSSR count). The van der Waals surface area contributed by atoms with Gasteiger partial charge in [-0.2, -0.15) is 5.10 Å². The molecule has 3 aromatic rings. The maximum absolute atomic E-state index is 14.7. The number of carbonyl (C=O) groups excluding carboxylic acids is 2. The van der Waals surface area contributed by atoms with Crippen LogP contribution in [-0.4, -0.2) is 26.6 Å². The molecule has 0 spiro atoms. The van der Waals surface area contributed by atoms with E-state index in [0.717, 1.165) is 18.4 Å². The van der Waals surface area contributed by atoms with E-state index in [9.17, 15) is 14.0 Å². The summed E-state index contributed by atoms with van der Waals surface area (Å²) >= 11 is 0. The van der Waals surface area contributed by atoms with Crippen molar-refractivity contribution in [2.45, 2.75) is 65.3 Å². The van der Waals surface area contributed by atoms with Crippen LogP contribution in [0, 0.1) is 11.2 Å². The monoisotopic (exact) mass is 467 g/mol. The summed E-state index contributed by atoms with van der Waals surface area (Å²) in [6.07, 6.45) is 1.67. The van der Waals surface area contributed by atoms with E-state index in [1.54, 1.807) is 28.9 Å². The van der Waals surface area contributed by atoms with Gasteiger partial charge in [-0.25, -0.2) is 9.07 Å². The van der Waals surface area contributed by atoms with Gasteiger partial charge in [0.1, 0.15) is 28.6 Å². The summed E-state index contributed by atoms with van der Waals surface area (Å²) in [6.45, 7) is 8.08. The largest absolute Gasteiger partial charge is 0.383 e. The molecule has 2 heterocycles. The van der Waals surface area contributed by atoms with Crippen molar-refractivity contribution in [3.63, 3.8) is 0 Å².